The predicted octanol–water partition coefficient (Wildman–Crippen LogP) is 4.44. The van der Waals surface area contributed by atoms with E-state index < -0.39 is 0 Å². The third kappa shape index (κ3) is 4.83. The fraction of sp³-hybridized carbons (Fsp3) is 0.188. The molecule has 0 aliphatic carbocycles. The maximum absolute atomic E-state index is 11.8. The molecule has 0 heterocycles. The van der Waals surface area contributed by atoms with Crippen molar-refractivity contribution in [1.82, 2.24) is 0 Å². The van der Waals surface area contributed by atoms with Gasteiger partial charge in [0.15, 0.2) is 0 Å². The van der Waals surface area contributed by atoms with Gasteiger partial charge in [0.2, 0.25) is 5.91 Å². The zero-order valence-corrected chi connectivity index (χ0v) is 13.5. The van der Waals surface area contributed by atoms with Crippen molar-refractivity contribution in [2.24, 2.45) is 0 Å². The quantitative estimate of drug-likeness (QED) is 0.818. The van der Waals surface area contributed by atoms with Crippen LogP contribution in [0.5, 0.6) is 5.75 Å². The minimum absolute atomic E-state index is 0.0746. The fourth-order valence-electron chi connectivity index (χ4n) is 1.85. The molecule has 0 saturated carbocycles. The number of methoxy groups -OCH3 is 1. The van der Waals surface area contributed by atoms with Gasteiger partial charge in [0.05, 0.1) is 12.1 Å². The number of ether oxygens (including phenoxy) is 1. The van der Waals surface area contributed by atoms with Gasteiger partial charge in [-0.2, -0.15) is 0 Å². The number of hydrogen-bond acceptors (Lipinski definition) is 3. The predicted molar refractivity (Wildman–Crippen MR) is 91.2 cm³/mol. The summed E-state index contributed by atoms with van der Waals surface area (Å²) in [5.74, 6) is 0.544. The maximum Gasteiger partial charge on any atom is 0.226 e. The molecule has 0 aliphatic heterocycles. The molecule has 0 atom stereocenters. The summed E-state index contributed by atoms with van der Waals surface area (Å²) in [5.41, 5.74) is 1.56. The molecule has 116 valence electrons. The number of anilines is 2. The van der Waals surface area contributed by atoms with E-state index in [1.54, 1.807) is 43.5 Å². The van der Waals surface area contributed by atoms with Crippen LogP contribution in [0.2, 0.25) is 10.0 Å². The number of nitrogens with one attached hydrogen (secondary N) is 2. The van der Waals surface area contributed by atoms with E-state index in [0.29, 0.717) is 28.8 Å². The van der Waals surface area contributed by atoms with Crippen molar-refractivity contribution >= 4 is 40.5 Å². The van der Waals surface area contributed by atoms with Gasteiger partial charge < -0.3 is 15.4 Å². The Morgan fingerprint density at radius 1 is 1.09 bits per heavy atom. The molecule has 0 bridgehead atoms. The number of rotatable bonds is 6. The topological polar surface area (TPSA) is 50.4 Å². The first kappa shape index (κ1) is 16.5. The molecule has 1 amide bonds. The number of carbonyl (C=O) groups excluding carboxylic acids is 1. The van der Waals surface area contributed by atoms with E-state index in [1.807, 2.05) is 6.07 Å². The lowest BCUT2D eigenvalue weighted by molar-refractivity contribution is -0.115. The normalized spacial score (nSPS) is 10.1. The molecule has 0 radical (unpaired) electrons. The van der Waals surface area contributed by atoms with Crippen molar-refractivity contribution in [2.75, 3.05) is 24.3 Å². The second kappa shape index (κ2) is 7.92. The van der Waals surface area contributed by atoms with Gasteiger partial charge in [0.1, 0.15) is 5.75 Å². The highest BCUT2D eigenvalue weighted by Crippen LogP contribution is 2.27. The lowest BCUT2D eigenvalue weighted by atomic mass is 10.2. The van der Waals surface area contributed by atoms with Crippen molar-refractivity contribution in [1.29, 1.82) is 0 Å². The van der Waals surface area contributed by atoms with Crippen molar-refractivity contribution in [3.05, 3.63) is 52.5 Å². The van der Waals surface area contributed by atoms with Crippen LogP contribution in [0.25, 0.3) is 0 Å². The summed E-state index contributed by atoms with van der Waals surface area (Å²) in [7, 11) is 1.56. The Kier molecular flexibility index (Phi) is 5.92. The van der Waals surface area contributed by atoms with Crippen LogP contribution < -0.4 is 15.4 Å². The van der Waals surface area contributed by atoms with Gasteiger partial charge in [-0.15, -0.1) is 0 Å². The van der Waals surface area contributed by atoms with Crippen LogP contribution in [-0.4, -0.2) is 19.6 Å². The molecule has 0 saturated heterocycles. The van der Waals surface area contributed by atoms with Crippen molar-refractivity contribution in [3.63, 3.8) is 0 Å². The summed E-state index contributed by atoms with van der Waals surface area (Å²) in [4.78, 5) is 11.8. The molecule has 6 heteroatoms. The van der Waals surface area contributed by atoms with Crippen LogP contribution in [0.3, 0.4) is 0 Å². The number of carbonyl (C=O) groups is 1. The molecule has 0 aromatic heterocycles. The molecule has 0 fully saturated rings. The Labute approximate surface area is 139 Å². The SMILES string of the molecule is COc1ccc(NCCC(=O)Nc2ccc(Cl)cc2)cc1Cl. The van der Waals surface area contributed by atoms with Gasteiger partial charge in [-0.1, -0.05) is 23.2 Å². The van der Waals surface area contributed by atoms with E-state index in [2.05, 4.69) is 10.6 Å². The van der Waals surface area contributed by atoms with Crippen LogP contribution in [-0.2, 0) is 4.79 Å². The Bertz CT molecular complexity index is 645. The van der Waals surface area contributed by atoms with E-state index in [-0.39, 0.29) is 5.91 Å². The molecule has 2 aromatic carbocycles. The summed E-state index contributed by atoms with van der Waals surface area (Å²) in [5, 5.41) is 7.10. The van der Waals surface area contributed by atoms with Crippen molar-refractivity contribution < 1.29 is 9.53 Å². The highest BCUT2D eigenvalue weighted by Gasteiger charge is 2.04. The van der Waals surface area contributed by atoms with Gasteiger partial charge in [-0.25, -0.2) is 0 Å². The van der Waals surface area contributed by atoms with Crippen LogP contribution >= 0.6 is 23.2 Å². The van der Waals surface area contributed by atoms with E-state index >= 15 is 0 Å². The Morgan fingerprint density at radius 2 is 1.77 bits per heavy atom. The Balaban J connectivity index is 1.79. The molecule has 2 rings (SSSR count). The first-order valence-corrected chi connectivity index (χ1v) is 7.47. The van der Waals surface area contributed by atoms with Crippen molar-refractivity contribution in [2.45, 2.75) is 6.42 Å². The van der Waals surface area contributed by atoms with Gasteiger partial charge in [0.25, 0.3) is 0 Å². The fourth-order valence-corrected chi connectivity index (χ4v) is 2.24. The third-order valence-corrected chi connectivity index (χ3v) is 3.51. The minimum atomic E-state index is -0.0746. The maximum atomic E-state index is 11.8. The molecule has 2 aromatic rings. The number of halogens is 2. The standard InChI is InChI=1S/C16H16Cl2N2O2/c1-22-15-7-6-13(10-14(15)18)19-9-8-16(21)20-12-4-2-11(17)3-5-12/h2-7,10,19H,8-9H2,1H3,(H,20,21). The van der Waals surface area contributed by atoms with Crippen LogP contribution in [0.4, 0.5) is 11.4 Å². The third-order valence-electron chi connectivity index (χ3n) is 2.96. The van der Waals surface area contributed by atoms with Crippen LogP contribution in [0, 0.1) is 0 Å². The van der Waals surface area contributed by atoms with Gasteiger partial charge in [0, 0.05) is 29.4 Å². The van der Waals surface area contributed by atoms with Crippen molar-refractivity contribution in [3.8, 4) is 5.75 Å². The Hall–Kier alpha value is -1.91. The van der Waals surface area contributed by atoms with E-state index in [1.165, 1.54) is 0 Å². The smallest absolute Gasteiger partial charge is 0.226 e. The molecule has 22 heavy (non-hydrogen) atoms. The highest BCUT2D eigenvalue weighted by atomic mass is 35.5. The summed E-state index contributed by atoms with van der Waals surface area (Å²) < 4.78 is 5.08. The second-order valence-electron chi connectivity index (χ2n) is 4.58. The van der Waals surface area contributed by atoms with Gasteiger partial charge in [-0.3, -0.25) is 4.79 Å². The zero-order valence-electron chi connectivity index (χ0n) is 12.0. The molecule has 4 nitrogen and oxygen atoms in total. The Morgan fingerprint density at radius 3 is 2.41 bits per heavy atom. The highest BCUT2D eigenvalue weighted by molar-refractivity contribution is 6.32. The molecular formula is C16H16Cl2N2O2. The monoisotopic (exact) mass is 338 g/mol. The average molecular weight is 339 g/mol. The minimum Gasteiger partial charge on any atom is -0.495 e. The van der Waals surface area contributed by atoms with E-state index in [9.17, 15) is 4.79 Å². The summed E-state index contributed by atoms with van der Waals surface area (Å²) >= 11 is 11.8. The van der Waals surface area contributed by atoms with Gasteiger partial charge >= 0.3 is 0 Å². The van der Waals surface area contributed by atoms with Crippen LogP contribution in [0.1, 0.15) is 6.42 Å². The summed E-state index contributed by atoms with van der Waals surface area (Å²) in [6.07, 6.45) is 0.340. The number of amides is 1. The summed E-state index contributed by atoms with van der Waals surface area (Å²) in [6, 6.07) is 12.4. The largest absolute Gasteiger partial charge is 0.495 e. The van der Waals surface area contributed by atoms with Crippen LogP contribution in [0.15, 0.2) is 42.5 Å². The molecule has 0 aliphatic rings. The number of hydrogen-bond donors (Lipinski definition) is 2. The summed E-state index contributed by atoms with van der Waals surface area (Å²) in [6.45, 7) is 0.502. The lowest BCUT2D eigenvalue weighted by Crippen LogP contribution is -2.16. The first-order valence-electron chi connectivity index (χ1n) is 6.71. The van der Waals surface area contributed by atoms with E-state index in [4.69, 9.17) is 27.9 Å². The average Bonchev–Trinajstić information content (AvgIpc) is 2.50. The number of benzene rings is 2. The van der Waals surface area contributed by atoms with E-state index in [0.717, 1.165) is 11.4 Å². The second-order valence-corrected chi connectivity index (χ2v) is 5.42. The zero-order chi connectivity index (χ0) is 15.9. The molecule has 0 spiro atoms. The lowest BCUT2D eigenvalue weighted by Gasteiger charge is -2.09. The van der Waals surface area contributed by atoms with Gasteiger partial charge in [-0.05, 0) is 42.5 Å². The molecular weight excluding hydrogens is 323 g/mol. The first-order chi connectivity index (χ1) is 10.6. The molecule has 2 N–H and O–H groups in total. The molecule has 0 unspecified atom stereocenters.